The molecule has 0 aromatic carbocycles. The Morgan fingerprint density at radius 1 is 1.13 bits per heavy atom. The molecule has 3 rings (SSSR count). The molecule has 1 aliphatic carbocycles. The summed E-state index contributed by atoms with van der Waals surface area (Å²) in [5.41, 5.74) is 0. The molecule has 1 amide bonds. The lowest BCUT2D eigenvalue weighted by molar-refractivity contribution is -0.136. The fourth-order valence-electron chi connectivity index (χ4n) is 4.24. The van der Waals surface area contributed by atoms with E-state index >= 15 is 0 Å². The van der Waals surface area contributed by atoms with Crippen LogP contribution in [0.3, 0.4) is 0 Å². The number of hydrogen-bond donors (Lipinski definition) is 0. The van der Waals surface area contributed by atoms with E-state index in [-0.39, 0.29) is 12.2 Å². The van der Waals surface area contributed by atoms with Crippen molar-refractivity contribution in [2.24, 2.45) is 11.8 Å². The molecular formula is C18H32N2O3. The average Bonchev–Trinajstić information content (AvgIpc) is 3.10. The van der Waals surface area contributed by atoms with E-state index in [9.17, 15) is 4.79 Å². The first kappa shape index (κ1) is 17.2. The van der Waals surface area contributed by atoms with Crippen molar-refractivity contribution in [1.29, 1.82) is 0 Å². The molecule has 132 valence electrons. The Balaban J connectivity index is 1.46. The van der Waals surface area contributed by atoms with E-state index in [0.717, 1.165) is 44.7 Å². The molecule has 0 aromatic rings. The molecule has 3 fully saturated rings. The highest BCUT2D eigenvalue weighted by atomic mass is 16.7. The van der Waals surface area contributed by atoms with Crippen molar-refractivity contribution < 1.29 is 14.3 Å². The van der Waals surface area contributed by atoms with E-state index in [1.165, 1.54) is 12.8 Å². The largest absolute Gasteiger partial charge is 0.350 e. The zero-order chi connectivity index (χ0) is 16.2. The maximum atomic E-state index is 12.6. The van der Waals surface area contributed by atoms with Gasteiger partial charge in [0.2, 0.25) is 5.91 Å². The van der Waals surface area contributed by atoms with Gasteiger partial charge >= 0.3 is 0 Å². The van der Waals surface area contributed by atoms with E-state index in [1.807, 2.05) is 11.9 Å². The van der Waals surface area contributed by atoms with Crippen molar-refractivity contribution in [2.45, 2.75) is 57.8 Å². The van der Waals surface area contributed by atoms with Crippen LogP contribution >= 0.6 is 0 Å². The summed E-state index contributed by atoms with van der Waals surface area (Å²) in [5.74, 6) is 1.52. The second-order valence-electron chi connectivity index (χ2n) is 7.67. The predicted octanol–water partition coefficient (Wildman–Crippen LogP) is 2.11. The number of piperidine rings is 1. The summed E-state index contributed by atoms with van der Waals surface area (Å²) in [7, 11) is 1.99. The predicted molar refractivity (Wildman–Crippen MR) is 89.0 cm³/mol. The van der Waals surface area contributed by atoms with E-state index in [2.05, 4.69) is 11.8 Å². The summed E-state index contributed by atoms with van der Waals surface area (Å²) in [6.45, 7) is 6.23. The number of hydrogen-bond acceptors (Lipinski definition) is 4. The number of ether oxygens (including phenoxy) is 2. The number of carbonyl (C=O) groups excluding carboxylic acids is 1. The second-order valence-corrected chi connectivity index (χ2v) is 7.67. The number of nitrogens with zero attached hydrogens (tertiary/aromatic N) is 2. The Kier molecular flexibility index (Phi) is 5.94. The summed E-state index contributed by atoms with van der Waals surface area (Å²) < 4.78 is 11.3. The maximum absolute atomic E-state index is 12.6. The minimum absolute atomic E-state index is 0.0505. The van der Waals surface area contributed by atoms with E-state index in [0.29, 0.717) is 31.7 Å². The number of rotatable bonds is 4. The molecule has 1 saturated carbocycles. The van der Waals surface area contributed by atoms with Crippen molar-refractivity contribution in [2.75, 3.05) is 39.9 Å². The molecular weight excluding hydrogens is 292 g/mol. The van der Waals surface area contributed by atoms with Gasteiger partial charge in [-0.2, -0.15) is 0 Å². The molecule has 2 heterocycles. The Labute approximate surface area is 140 Å². The molecule has 0 bridgehead atoms. The number of carbonyl (C=O) groups is 1. The highest BCUT2D eigenvalue weighted by Crippen LogP contribution is 2.27. The minimum Gasteiger partial charge on any atom is -0.350 e. The molecule has 5 heteroatoms. The SMILES string of the molecule is CC1CCC(N(C)C(=O)CN2CCCC(C3OCCO3)C2)CC1. The number of likely N-dealkylation sites (tertiary alicyclic amines) is 1. The van der Waals surface area contributed by atoms with Crippen molar-refractivity contribution in [3.05, 3.63) is 0 Å². The average molecular weight is 324 g/mol. The molecule has 23 heavy (non-hydrogen) atoms. The molecule has 0 aromatic heterocycles. The van der Waals surface area contributed by atoms with Crippen LogP contribution in [-0.2, 0) is 14.3 Å². The quantitative estimate of drug-likeness (QED) is 0.794. The standard InChI is InChI=1S/C18H32N2O3/c1-14-5-7-16(8-6-14)19(2)17(21)13-20-9-3-4-15(12-20)18-22-10-11-23-18/h14-16,18H,3-13H2,1-2H3. The molecule has 0 N–H and O–H groups in total. The Bertz CT molecular complexity index is 390. The lowest BCUT2D eigenvalue weighted by Crippen LogP contribution is -2.48. The van der Waals surface area contributed by atoms with Gasteiger partial charge in [-0.1, -0.05) is 6.92 Å². The van der Waals surface area contributed by atoms with Gasteiger partial charge < -0.3 is 14.4 Å². The molecule has 1 atom stereocenters. The van der Waals surface area contributed by atoms with Gasteiger partial charge in [0.1, 0.15) is 0 Å². The van der Waals surface area contributed by atoms with Crippen LogP contribution in [0, 0.1) is 11.8 Å². The summed E-state index contributed by atoms with van der Waals surface area (Å²) in [6, 6.07) is 0.445. The van der Waals surface area contributed by atoms with Crippen molar-refractivity contribution >= 4 is 5.91 Å². The van der Waals surface area contributed by atoms with Crippen LogP contribution in [0.2, 0.25) is 0 Å². The Hall–Kier alpha value is -0.650. The fraction of sp³-hybridized carbons (Fsp3) is 0.944. The third-order valence-electron chi connectivity index (χ3n) is 5.86. The van der Waals surface area contributed by atoms with Crippen molar-refractivity contribution in [3.8, 4) is 0 Å². The normalized spacial score (nSPS) is 33.7. The summed E-state index contributed by atoms with van der Waals surface area (Å²) >= 11 is 0. The molecule has 5 nitrogen and oxygen atoms in total. The number of likely N-dealkylation sites (N-methyl/N-ethyl adjacent to an activating group) is 1. The first-order valence-electron chi connectivity index (χ1n) is 9.34. The van der Waals surface area contributed by atoms with E-state index in [4.69, 9.17) is 9.47 Å². The van der Waals surface area contributed by atoms with Crippen LogP contribution < -0.4 is 0 Å². The van der Waals surface area contributed by atoms with Gasteiger partial charge in [-0.05, 0) is 51.0 Å². The van der Waals surface area contributed by atoms with Crippen LogP contribution in [0.15, 0.2) is 0 Å². The molecule has 2 aliphatic heterocycles. The van der Waals surface area contributed by atoms with Gasteiger partial charge in [-0.3, -0.25) is 9.69 Å². The third-order valence-corrected chi connectivity index (χ3v) is 5.86. The van der Waals surface area contributed by atoms with Gasteiger partial charge in [0.05, 0.1) is 19.8 Å². The van der Waals surface area contributed by atoms with Gasteiger partial charge in [0, 0.05) is 25.6 Å². The highest BCUT2D eigenvalue weighted by molar-refractivity contribution is 5.78. The lowest BCUT2D eigenvalue weighted by Gasteiger charge is -2.37. The molecule has 2 saturated heterocycles. The van der Waals surface area contributed by atoms with E-state index in [1.54, 1.807) is 0 Å². The summed E-state index contributed by atoms with van der Waals surface area (Å²) in [5, 5.41) is 0. The van der Waals surface area contributed by atoms with Gasteiger partial charge in [0.25, 0.3) is 0 Å². The molecule has 0 spiro atoms. The smallest absolute Gasteiger partial charge is 0.236 e. The lowest BCUT2D eigenvalue weighted by atomic mass is 9.87. The van der Waals surface area contributed by atoms with Gasteiger partial charge in [-0.25, -0.2) is 0 Å². The second kappa shape index (κ2) is 7.95. The molecule has 3 aliphatic rings. The maximum Gasteiger partial charge on any atom is 0.236 e. The fourth-order valence-corrected chi connectivity index (χ4v) is 4.24. The highest BCUT2D eigenvalue weighted by Gasteiger charge is 2.32. The van der Waals surface area contributed by atoms with Crippen LogP contribution in [0.5, 0.6) is 0 Å². The first-order chi connectivity index (χ1) is 11.1. The summed E-state index contributed by atoms with van der Waals surface area (Å²) in [6.07, 6.45) is 7.06. The Morgan fingerprint density at radius 3 is 2.52 bits per heavy atom. The third kappa shape index (κ3) is 4.46. The molecule has 0 radical (unpaired) electrons. The first-order valence-corrected chi connectivity index (χ1v) is 9.34. The minimum atomic E-state index is -0.0505. The van der Waals surface area contributed by atoms with Crippen LogP contribution in [0.4, 0.5) is 0 Å². The van der Waals surface area contributed by atoms with Crippen LogP contribution in [0.1, 0.15) is 45.4 Å². The monoisotopic (exact) mass is 324 g/mol. The Morgan fingerprint density at radius 2 is 1.83 bits per heavy atom. The zero-order valence-corrected chi connectivity index (χ0v) is 14.7. The van der Waals surface area contributed by atoms with Crippen LogP contribution in [-0.4, -0.2) is 67.9 Å². The topological polar surface area (TPSA) is 42.0 Å². The van der Waals surface area contributed by atoms with Crippen LogP contribution in [0.25, 0.3) is 0 Å². The van der Waals surface area contributed by atoms with Gasteiger partial charge in [0.15, 0.2) is 6.29 Å². The summed E-state index contributed by atoms with van der Waals surface area (Å²) in [4.78, 5) is 16.9. The molecule has 1 unspecified atom stereocenters. The zero-order valence-electron chi connectivity index (χ0n) is 14.7. The van der Waals surface area contributed by atoms with Gasteiger partial charge in [-0.15, -0.1) is 0 Å². The number of amides is 1. The van der Waals surface area contributed by atoms with Crippen molar-refractivity contribution in [3.63, 3.8) is 0 Å². The van der Waals surface area contributed by atoms with Crippen molar-refractivity contribution in [1.82, 2.24) is 9.80 Å². The van der Waals surface area contributed by atoms with E-state index < -0.39 is 0 Å².